The molecule has 0 spiro atoms. The zero-order valence-corrected chi connectivity index (χ0v) is 10.3. The fraction of sp³-hybridized carbons (Fsp3) is 0.909. The average molecular weight is 229 g/mol. The third-order valence-corrected chi connectivity index (χ3v) is 2.91. The molecule has 16 heavy (non-hydrogen) atoms. The number of aliphatic hydroxyl groups is 1. The molecule has 1 saturated heterocycles. The van der Waals surface area contributed by atoms with E-state index in [2.05, 4.69) is 17.6 Å². The number of nitrogens with one attached hydrogen (secondary N) is 2. The van der Waals surface area contributed by atoms with Crippen LogP contribution in [0, 0.1) is 0 Å². The highest BCUT2D eigenvalue weighted by molar-refractivity contribution is 5.73. The summed E-state index contributed by atoms with van der Waals surface area (Å²) >= 11 is 0. The Labute approximate surface area is 97.2 Å². The van der Waals surface area contributed by atoms with Crippen molar-refractivity contribution in [1.82, 2.24) is 15.5 Å². The number of hydrogen-bond acceptors (Lipinski definition) is 3. The summed E-state index contributed by atoms with van der Waals surface area (Å²) < 4.78 is 0. The highest BCUT2D eigenvalue weighted by Gasteiger charge is 2.33. The summed E-state index contributed by atoms with van der Waals surface area (Å²) in [6, 6.07) is -0.103. The molecular formula is C11H23N3O2. The third kappa shape index (κ3) is 3.98. The summed E-state index contributed by atoms with van der Waals surface area (Å²) in [5, 5.41) is 16.0. The molecule has 0 aromatic rings. The molecule has 1 aliphatic rings. The number of amides is 2. The first-order chi connectivity index (χ1) is 7.57. The number of urea groups is 1. The van der Waals surface area contributed by atoms with E-state index in [1.165, 1.54) is 0 Å². The van der Waals surface area contributed by atoms with Gasteiger partial charge in [0.05, 0.1) is 12.1 Å². The van der Waals surface area contributed by atoms with E-state index in [-0.39, 0.29) is 6.03 Å². The molecule has 5 heteroatoms. The predicted molar refractivity (Wildman–Crippen MR) is 63.4 cm³/mol. The van der Waals surface area contributed by atoms with Gasteiger partial charge in [0.25, 0.3) is 0 Å². The van der Waals surface area contributed by atoms with Crippen LogP contribution >= 0.6 is 0 Å². The zero-order valence-electron chi connectivity index (χ0n) is 10.3. The summed E-state index contributed by atoms with van der Waals surface area (Å²) in [6.45, 7) is 4.57. The largest absolute Gasteiger partial charge is 0.387 e. The quantitative estimate of drug-likeness (QED) is 0.588. The Morgan fingerprint density at radius 1 is 1.62 bits per heavy atom. The number of likely N-dealkylation sites (N-methyl/N-ethyl adjacent to an activating group) is 1. The lowest BCUT2D eigenvalue weighted by molar-refractivity contribution is 0.0368. The van der Waals surface area contributed by atoms with Crippen molar-refractivity contribution in [3.8, 4) is 0 Å². The van der Waals surface area contributed by atoms with Gasteiger partial charge in [0.2, 0.25) is 0 Å². The molecule has 0 aromatic heterocycles. The number of hydrogen-bond donors (Lipinski definition) is 3. The Morgan fingerprint density at radius 2 is 2.38 bits per heavy atom. The van der Waals surface area contributed by atoms with Crippen LogP contribution in [0.5, 0.6) is 0 Å². The second-order valence-corrected chi connectivity index (χ2v) is 4.59. The summed E-state index contributed by atoms with van der Waals surface area (Å²) in [6.07, 6.45) is 2.77. The van der Waals surface area contributed by atoms with E-state index >= 15 is 0 Å². The zero-order chi connectivity index (χ0) is 12.0. The number of unbranched alkanes of at least 4 members (excludes halogenated alkanes) is 1. The van der Waals surface area contributed by atoms with Gasteiger partial charge < -0.3 is 20.6 Å². The first-order valence-corrected chi connectivity index (χ1v) is 5.99. The van der Waals surface area contributed by atoms with E-state index in [1.807, 2.05) is 0 Å². The number of carbonyl (C=O) groups excluding carboxylic acids is 1. The van der Waals surface area contributed by atoms with Gasteiger partial charge in [-0.2, -0.15) is 0 Å². The Kier molecular flexibility index (Phi) is 5.02. The van der Waals surface area contributed by atoms with E-state index in [0.29, 0.717) is 26.1 Å². The van der Waals surface area contributed by atoms with Gasteiger partial charge in [0.1, 0.15) is 0 Å². The molecule has 0 radical (unpaired) electrons. The van der Waals surface area contributed by atoms with Crippen molar-refractivity contribution in [3.05, 3.63) is 0 Å². The van der Waals surface area contributed by atoms with Gasteiger partial charge in [-0.3, -0.25) is 0 Å². The summed E-state index contributed by atoms with van der Waals surface area (Å²) in [5.41, 5.74) is -0.753. The lowest BCUT2D eigenvalue weighted by Crippen LogP contribution is -2.48. The molecule has 0 saturated carbocycles. The molecule has 3 N–H and O–H groups in total. The van der Waals surface area contributed by atoms with Crippen molar-refractivity contribution in [3.63, 3.8) is 0 Å². The number of nitrogens with zero attached hydrogens (tertiary/aromatic N) is 1. The Morgan fingerprint density at radius 3 is 2.94 bits per heavy atom. The standard InChI is InChI=1S/C11H23N3O2/c1-3-4-6-13-10(15)14(2)9-11(16)5-7-12-8-11/h12,16H,3-9H2,1-2H3,(H,13,15). The van der Waals surface area contributed by atoms with Gasteiger partial charge in [-0.15, -0.1) is 0 Å². The van der Waals surface area contributed by atoms with Gasteiger partial charge in [0.15, 0.2) is 0 Å². The van der Waals surface area contributed by atoms with E-state index in [0.717, 1.165) is 19.4 Å². The molecule has 1 aliphatic heterocycles. The highest BCUT2D eigenvalue weighted by atomic mass is 16.3. The Bertz CT molecular complexity index is 227. The number of β-amino-alcohol motifs (C(OH)–C–C–N with tert-alkyl or cyclic N) is 1. The minimum Gasteiger partial charge on any atom is -0.387 e. The highest BCUT2D eigenvalue weighted by Crippen LogP contribution is 2.15. The van der Waals surface area contributed by atoms with Crippen molar-refractivity contribution in [1.29, 1.82) is 0 Å². The normalized spacial score (nSPS) is 24.4. The van der Waals surface area contributed by atoms with E-state index < -0.39 is 5.60 Å². The van der Waals surface area contributed by atoms with E-state index in [4.69, 9.17) is 0 Å². The van der Waals surface area contributed by atoms with Crippen LogP contribution in [0.15, 0.2) is 0 Å². The molecule has 94 valence electrons. The number of carbonyl (C=O) groups is 1. The molecule has 1 fully saturated rings. The summed E-state index contributed by atoms with van der Waals surface area (Å²) in [4.78, 5) is 13.2. The Balaban J connectivity index is 2.27. The molecule has 5 nitrogen and oxygen atoms in total. The van der Waals surface area contributed by atoms with E-state index in [1.54, 1.807) is 11.9 Å². The first kappa shape index (κ1) is 13.3. The van der Waals surface area contributed by atoms with Crippen molar-refractivity contribution in [2.75, 3.05) is 33.2 Å². The smallest absolute Gasteiger partial charge is 0.317 e. The monoisotopic (exact) mass is 229 g/mol. The van der Waals surface area contributed by atoms with Crippen molar-refractivity contribution in [2.45, 2.75) is 31.8 Å². The van der Waals surface area contributed by atoms with Crippen LogP contribution < -0.4 is 10.6 Å². The van der Waals surface area contributed by atoms with Crippen LogP contribution in [-0.4, -0.2) is 54.9 Å². The average Bonchev–Trinajstić information content (AvgIpc) is 2.65. The lowest BCUT2D eigenvalue weighted by Gasteiger charge is -2.28. The SMILES string of the molecule is CCCCNC(=O)N(C)CC1(O)CCNC1. The lowest BCUT2D eigenvalue weighted by atomic mass is 10.0. The van der Waals surface area contributed by atoms with Gasteiger partial charge in [-0.25, -0.2) is 4.79 Å². The van der Waals surface area contributed by atoms with Crippen molar-refractivity contribution >= 4 is 6.03 Å². The maximum atomic E-state index is 11.6. The third-order valence-electron chi connectivity index (χ3n) is 2.91. The Hall–Kier alpha value is -0.810. The van der Waals surface area contributed by atoms with Crippen LogP contribution in [0.25, 0.3) is 0 Å². The molecule has 2 amide bonds. The minimum absolute atomic E-state index is 0.103. The first-order valence-electron chi connectivity index (χ1n) is 5.99. The van der Waals surface area contributed by atoms with Crippen molar-refractivity contribution in [2.24, 2.45) is 0 Å². The fourth-order valence-electron chi connectivity index (χ4n) is 1.89. The molecule has 0 aromatic carbocycles. The molecule has 0 aliphatic carbocycles. The van der Waals surface area contributed by atoms with Crippen LogP contribution in [0.4, 0.5) is 4.79 Å². The van der Waals surface area contributed by atoms with Gasteiger partial charge >= 0.3 is 6.03 Å². The van der Waals surface area contributed by atoms with Crippen molar-refractivity contribution < 1.29 is 9.90 Å². The number of rotatable bonds is 5. The minimum atomic E-state index is -0.753. The molecule has 1 rings (SSSR count). The maximum Gasteiger partial charge on any atom is 0.317 e. The van der Waals surface area contributed by atoms with Gasteiger partial charge in [-0.1, -0.05) is 13.3 Å². The molecule has 0 bridgehead atoms. The molecule has 1 unspecified atom stereocenters. The van der Waals surface area contributed by atoms with Crippen LogP contribution in [0.2, 0.25) is 0 Å². The molecular weight excluding hydrogens is 206 g/mol. The van der Waals surface area contributed by atoms with Crippen LogP contribution in [0.3, 0.4) is 0 Å². The van der Waals surface area contributed by atoms with Gasteiger partial charge in [0, 0.05) is 20.1 Å². The van der Waals surface area contributed by atoms with Crippen LogP contribution in [0.1, 0.15) is 26.2 Å². The van der Waals surface area contributed by atoms with Gasteiger partial charge in [-0.05, 0) is 19.4 Å². The topological polar surface area (TPSA) is 64.6 Å². The summed E-state index contributed by atoms with van der Waals surface area (Å²) in [5.74, 6) is 0. The maximum absolute atomic E-state index is 11.6. The predicted octanol–water partition coefficient (Wildman–Crippen LogP) is 0.152. The fourth-order valence-corrected chi connectivity index (χ4v) is 1.89. The van der Waals surface area contributed by atoms with E-state index in [9.17, 15) is 9.90 Å². The molecule has 1 atom stereocenters. The second kappa shape index (κ2) is 6.06. The second-order valence-electron chi connectivity index (χ2n) is 4.59. The van der Waals surface area contributed by atoms with Crippen LogP contribution in [-0.2, 0) is 0 Å². The summed E-state index contributed by atoms with van der Waals surface area (Å²) in [7, 11) is 1.72. The molecule has 1 heterocycles.